The van der Waals surface area contributed by atoms with Crippen LogP contribution in [0.2, 0.25) is 0 Å². The quantitative estimate of drug-likeness (QED) is 0.607. The zero-order chi connectivity index (χ0) is 21.3. The molecule has 0 aromatic rings. The van der Waals surface area contributed by atoms with Crippen molar-refractivity contribution in [2.75, 3.05) is 0 Å². The molecule has 6 atom stereocenters. The van der Waals surface area contributed by atoms with E-state index < -0.39 is 5.60 Å². The molecular weight excluding hydrogens is 348 g/mol. The highest BCUT2D eigenvalue weighted by Crippen LogP contribution is 2.67. The van der Waals surface area contributed by atoms with Crippen LogP contribution in [-0.2, 0) is 9.59 Å². The number of carbonyl (C=O) groups is 2. The third-order valence-electron chi connectivity index (χ3n) is 8.70. The van der Waals surface area contributed by atoms with E-state index in [1.807, 2.05) is 33.8 Å². The van der Waals surface area contributed by atoms with Gasteiger partial charge in [0.1, 0.15) is 5.60 Å². The molecule has 0 amide bonds. The van der Waals surface area contributed by atoms with E-state index in [0.29, 0.717) is 36.4 Å². The van der Waals surface area contributed by atoms with Gasteiger partial charge in [-0.25, -0.2) is 0 Å². The summed E-state index contributed by atoms with van der Waals surface area (Å²) in [5.41, 5.74) is 0.155. The molecule has 3 saturated carbocycles. The monoisotopic (exact) mass is 390 g/mol. The molecule has 0 bridgehead atoms. The Kier molecular flexibility index (Phi) is 7.01. The van der Waals surface area contributed by atoms with Gasteiger partial charge in [-0.3, -0.25) is 9.59 Å². The minimum Gasteiger partial charge on any atom is -0.382 e. The van der Waals surface area contributed by atoms with Crippen LogP contribution in [0.25, 0.3) is 0 Å². The van der Waals surface area contributed by atoms with Gasteiger partial charge in [-0.1, -0.05) is 47.1 Å². The topological polar surface area (TPSA) is 54.4 Å². The number of allylic oxidation sites excluding steroid dienone is 1. The lowest BCUT2D eigenvalue weighted by Gasteiger charge is -2.58. The first-order chi connectivity index (χ1) is 13.2. The van der Waals surface area contributed by atoms with Crippen molar-refractivity contribution in [2.24, 2.45) is 28.6 Å². The second-order valence-corrected chi connectivity index (χ2v) is 9.38. The van der Waals surface area contributed by atoms with Crippen molar-refractivity contribution in [3.05, 3.63) is 11.6 Å². The molecule has 6 unspecified atom stereocenters. The molecule has 0 saturated heterocycles. The van der Waals surface area contributed by atoms with Crippen LogP contribution < -0.4 is 0 Å². The van der Waals surface area contributed by atoms with Crippen LogP contribution in [0.3, 0.4) is 0 Å². The van der Waals surface area contributed by atoms with Crippen LogP contribution in [0.4, 0.5) is 0 Å². The van der Waals surface area contributed by atoms with Crippen molar-refractivity contribution in [1.29, 1.82) is 0 Å². The predicted octanol–water partition coefficient (Wildman–Crippen LogP) is 5.89. The van der Waals surface area contributed by atoms with Gasteiger partial charge < -0.3 is 5.11 Å². The van der Waals surface area contributed by atoms with E-state index in [9.17, 15) is 14.7 Å². The van der Waals surface area contributed by atoms with Crippen molar-refractivity contribution in [1.82, 2.24) is 0 Å². The first kappa shape index (κ1) is 23.3. The van der Waals surface area contributed by atoms with Crippen molar-refractivity contribution < 1.29 is 14.7 Å². The standard InChI is InChI=1S/C21H30O3.2C2H6/c1-13(22)21(24)11-8-18-16-5-4-14-12-15(23)6-9-19(14,2)17(16)7-10-20(18,21)3;2*1-2/h12,16-18,24H,4-11H2,1-3H3;2*1-2H3. The normalized spacial score (nSPS) is 43.8. The van der Waals surface area contributed by atoms with Crippen LogP contribution in [0.15, 0.2) is 11.6 Å². The molecular formula is C25H42O3. The van der Waals surface area contributed by atoms with Crippen LogP contribution in [-0.4, -0.2) is 22.3 Å². The SMILES string of the molecule is CC.CC.CC(=O)C1(O)CCC2C3CCC4=CC(=O)CCC4(C)C3CCC21C. The number of aliphatic hydroxyl groups is 1. The fourth-order valence-corrected chi connectivity index (χ4v) is 7.15. The van der Waals surface area contributed by atoms with Gasteiger partial charge in [-0.15, -0.1) is 0 Å². The first-order valence-corrected chi connectivity index (χ1v) is 11.7. The van der Waals surface area contributed by atoms with E-state index in [-0.39, 0.29) is 16.6 Å². The molecule has 3 fully saturated rings. The number of Topliss-reactive ketones (excluding diaryl/α,β-unsaturated/α-hetero) is 1. The Morgan fingerprint density at radius 2 is 1.57 bits per heavy atom. The zero-order valence-electron chi connectivity index (χ0n) is 19.2. The second-order valence-electron chi connectivity index (χ2n) is 9.38. The van der Waals surface area contributed by atoms with Crippen LogP contribution in [0.1, 0.15) is 99.8 Å². The molecule has 0 radical (unpaired) electrons. The number of fused-ring (bicyclic) bond motifs is 5. The van der Waals surface area contributed by atoms with Crippen molar-refractivity contribution in [3.63, 3.8) is 0 Å². The van der Waals surface area contributed by atoms with Gasteiger partial charge in [0.15, 0.2) is 11.6 Å². The average Bonchev–Trinajstić information content (AvgIpc) is 2.98. The Labute approximate surface area is 172 Å². The van der Waals surface area contributed by atoms with Crippen LogP contribution >= 0.6 is 0 Å². The summed E-state index contributed by atoms with van der Waals surface area (Å²) in [7, 11) is 0. The third kappa shape index (κ3) is 3.22. The second kappa shape index (κ2) is 8.42. The zero-order valence-corrected chi connectivity index (χ0v) is 19.2. The summed E-state index contributed by atoms with van der Waals surface area (Å²) in [6.45, 7) is 14.1. The predicted molar refractivity (Wildman–Crippen MR) is 115 cm³/mol. The van der Waals surface area contributed by atoms with E-state index in [1.54, 1.807) is 6.92 Å². The van der Waals surface area contributed by atoms with E-state index in [4.69, 9.17) is 0 Å². The van der Waals surface area contributed by atoms with Gasteiger partial charge in [0, 0.05) is 11.8 Å². The lowest BCUT2D eigenvalue weighted by Crippen LogP contribution is -2.57. The maximum absolute atomic E-state index is 12.2. The molecule has 0 aromatic carbocycles. The summed E-state index contributed by atoms with van der Waals surface area (Å²) >= 11 is 0. The maximum atomic E-state index is 12.2. The molecule has 3 heteroatoms. The molecule has 1 N–H and O–H groups in total. The number of hydrogen-bond donors (Lipinski definition) is 1. The minimum absolute atomic E-state index is 0.0446. The van der Waals surface area contributed by atoms with E-state index in [0.717, 1.165) is 38.5 Å². The summed E-state index contributed by atoms with van der Waals surface area (Å²) in [4.78, 5) is 24.1. The molecule has 4 rings (SSSR count). The molecule has 28 heavy (non-hydrogen) atoms. The molecule has 4 aliphatic rings. The first-order valence-electron chi connectivity index (χ1n) is 11.7. The van der Waals surface area contributed by atoms with Gasteiger partial charge in [0.25, 0.3) is 0 Å². The summed E-state index contributed by atoms with van der Waals surface area (Å²) < 4.78 is 0. The molecule has 3 nitrogen and oxygen atoms in total. The van der Waals surface area contributed by atoms with Gasteiger partial charge in [-0.05, 0) is 81.1 Å². The van der Waals surface area contributed by atoms with Gasteiger partial charge in [-0.2, -0.15) is 0 Å². The fourth-order valence-electron chi connectivity index (χ4n) is 7.15. The number of hydrogen-bond acceptors (Lipinski definition) is 3. The summed E-state index contributed by atoms with van der Waals surface area (Å²) in [6.07, 6.45) is 9.37. The Bertz CT molecular complexity index is 636. The Morgan fingerprint density at radius 1 is 0.964 bits per heavy atom. The van der Waals surface area contributed by atoms with Crippen molar-refractivity contribution in [2.45, 2.75) is 105 Å². The Morgan fingerprint density at radius 3 is 2.18 bits per heavy atom. The molecule has 0 aliphatic heterocycles. The molecule has 0 aromatic heterocycles. The van der Waals surface area contributed by atoms with Gasteiger partial charge >= 0.3 is 0 Å². The molecule has 0 spiro atoms. The fraction of sp³-hybridized carbons (Fsp3) is 0.840. The maximum Gasteiger partial charge on any atom is 0.161 e. The highest BCUT2D eigenvalue weighted by Gasteiger charge is 2.65. The van der Waals surface area contributed by atoms with E-state index in [1.165, 1.54) is 5.57 Å². The van der Waals surface area contributed by atoms with Crippen molar-refractivity contribution >= 4 is 11.6 Å². The summed E-state index contributed by atoms with van der Waals surface area (Å²) in [5.74, 6) is 1.90. The smallest absolute Gasteiger partial charge is 0.161 e. The highest BCUT2D eigenvalue weighted by atomic mass is 16.3. The molecule has 4 aliphatic carbocycles. The van der Waals surface area contributed by atoms with E-state index in [2.05, 4.69) is 13.8 Å². The van der Waals surface area contributed by atoms with Gasteiger partial charge in [0.05, 0.1) is 0 Å². The molecule has 0 heterocycles. The summed E-state index contributed by atoms with van der Waals surface area (Å²) in [6, 6.07) is 0. The molecule has 160 valence electrons. The van der Waals surface area contributed by atoms with Crippen LogP contribution in [0, 0.1) is 28.6 Å². The average molecular weight is 391 g/mol. The third-order valence-corrected chi connectivity index (χ3v) is 8.70. The minimum atomic E-state index is -1.12. The van der Waals surface area contributed by atoms with Gasteiger partial charge in [0.2, 0.25) is 0 Å². The Balaban J connectivity index is 0.000000660. The number of ketones is 2. The Hall–Kier alpha value is -0.960. The lowest BCUT2D eigenvalue weighted by molar-refractivity contribution is -0.160. The highest BCUT2D eigenvalue weighted by molar-refractivity contribution is 5.91. The number of rotatable bonds is 1. The lowest BCUT2D eigenvalue weighted by atomic mass is 9.46. The van der Waals surface area contributed by atoms with E-state index >= 15 is 0 Å². The summed E-state index contributed by atoms with van der Waals surface area (Å²) in [5, 5.41) is 11.1. The van der Waals surface area contributed by atoms with Crippen molar-refractivity contribution in [3.8, 4) is 0 Å². The van der Waals surface area contributed by atoms with Crippen LogP contribution in [0.5, 0.6) is 0 Å². The largest absolute Gasteiger partial charge is 0.382 e. The number of carbonyl (C=O) groups excluding carboxylic acids is 2.